The van der Waals surface area contributed by atoms with Crippen LogP contribution in [0.15, 0.2) is 42.7 Å². The Morgan fingerprint density at radius 2 is 2.00 bits per heavy atom. The van der Waals surface area contributed by atoms with Crippen molar-refractivity contribution < 1.29 is 9.90 Å². The molecule has 0 aliphatic heterocycles. The van der Waals surface area contributed by atoms with Gasteiger partial charge in [0.2, 0.25) is 0 Å². The number of hydrogen-bond donors (Lipinski definition) is 1. The number of benzene rings is 1. The second kappa shape index (κ2) is 6.39. The lowest BCUT2D eigenvalue weighted by atomic mass is 10.1. The Morgan fingerprint density at radius 3 is 2.60 bits per heavy atom. The maximum Gasteiger partial charge on any atom is 0.254 e. The van der Waals surface area contributed by atoms with Crippen molar-refractivity contribution in [3.8, 4) is 5.75 Å². The minimum atomic E-state index is -0.119. The largest absolute Gasteiger partial charge is 0.506 e. The van der Waals surface area contributed by atoms with E-state index in [0.29, 0.717) is 18.7 Å². The number of phenols is 1. The number of rotatable bonds is 4. The standard InChI is InChI=1S/C15H15ClN2O2/c1-2-18(10-11-5-7-17-8-6-11)15(20)12-3-4-14(19)13(16)9-12/h3-9,19H,2,10H2,1H3. The quantitative estimate of drug-likeness (QED) is 0.941. The van der Waals surface area contributed by atoms with E-state index < -0.39 is 0 Å². The number of aromatic nitrogens is 1. The van der Waals surface area contributed by atoms with Crippen LogP contribution in [-0.4, -0.2) is 27.4 Å². The second-order valence-corrected chi connectivity index (χ2v) is 4.75. The fourth-order valence-electron chi connectivity index (χ4n) is 1.86. The molecule has 0 saturated carbocycles. The van der Waals surface area contributed by atoms with Crippen LogP contribution >= 0.6 is 11.6 Å². The zero-order valence-electron chi connectivity index (χ0n) is 11.1. The van der Waals surface area contributed by atoms with Crippen molar-refractivity contribution in [2.75, 3.05) is 6.54 Å². The summed E-state index contributed by atoms with van der Waals surface area (Å²) in [5.41, 5.74) is 1.48. The van der Waals surface area contributed by atoms with Gasteiger partial charge in [-0.1, -0.05) is 11.6 Å². The molecule has 1 aromatic heterocycles. The molecule has 0 saturated heterocycles. The Hall–Kier alpha value is -2.07. The van der Waals surface area contributed by atoms with Gasteiger partial charge in [0, 0.05) is 31.0 Å². The minimum absolute atomic E-state index is 0.0274. The Bertz CT molecular complexity index is 602. The van der Waals surface area contributed by atoms with Gasteiger partial charge in [0.15, 0.2) is 0 Å². The van der Waals surface area contributed by atoms with Gasteiger partial charge >= 0.3 is 0 Å². The number of carbonyl (C=O) groups is 1. The summed E-state index contributed by atoms with van der Waals surface area (Å²) in [5.74, 6) is -0.147. The summed E-state index contributed by atoms with van der Waals surface area (Å²) in [6, 6.07) is 8.22. The molecule has 20 heavy (non-hydrogen) atoms. The summed E-state index contributed by atoms with van der Waals surface area (Å²) in [5, 5.41) is 9.57. The summed E-state index contributed by atoms with van der Waals surface area (Å²) in [7, 11) is 0. The molecule has 0 unspecified atom stereocenters. The molecule has 1 aromatic carbocycles. The zero-order valence-corrected chi connectivity index (χ0v) is 11.8. The predicted molar refractivity (Wildman–Crippen MR) is 77.8 cm³/mol. The number of amides is 1. The Kier molecular flexibility index (Phi) is 4.58. The molecule has 0 aliphatic rings. The molecular formula is C15H15ClN2O2. The molecule has 0 atom stereocenters. The third-order valence-corrected chi connectivity index (χ3v) is 3.29. The number of hydrogen-bond acceptors (Lipinski definition) is 3. The molecule has 0 bridgehead atoms. The van der Waals surface area contributed by atoms with Gasteiger partial charge < -0.3 is 10.0 Å². The maximum atomic E-state index is 12.4. The normalized spacial score (nSPS) is 10.3. The minimum Gasteiger partial charge on any atom is -0.506 e. The lowest BCUT2D eigenvalue weighted by Gasteiger charge is -2.21. The van der Waals surface area contributed by atoms with E-state index in [-0.39, 0.29) is 16.7 Å². The van der Waals surface area contributed by atoms with E-state index in [1.54, 1.807) is 23.4 Å². The highest BCUT2D eigenvalue weighted by molar-refractivity contribution is 6.32. The molecule has 4 nitrogen and oxygen atoms in total. The molecule has 2 rings (SSSR count). The average Bonchev–Trinajstić information content (AvgIpc) is 2.48. The molecule has 0 radical (unpaired) electrons. The number of carbonyl (C=O) groups excluding carboxylic acids is 1. The van der Waals surface area contributed by atoms with Crippen LogP contribution in [-0.2, 0) is 6.54 Å². The summed E-state index contributed by atoms with van der Waals surface area (Å²) < 4.78 is 0. The monoisotopic (exact) mass is 290 g/mol. The first kappa shape index (κ1) is 14.3. The van der Waals surface area contributed by atoms with Gasteiger partial charge in [-0.25, -0.2) is 0 Å². The van der Waals surface area contributed by atoms with Crippen LogP contribution in [0.3, 0.4) is 0 Å². The lowest BCUT2D eigenvalue weighted by molar-refractivity contribution is 0.0752. The van der Waals surface area contributed by atoms with E-state index in [2.05, 4.69) is 4.98 Å². The van der Waals surface area contributed by atoms with E-state index in [0.717, 1.165) is 5.56 Å². The molecule has 0 aliphatic carbocycles. The van der Waals surface area contributed by atoms with Gasteiger partial charge in [-0.2, -0.15) is 0 Å². The number of phenolic OH excluding ortho intramolecular Hbond substituents is 1. The number of pyridine rings is 1. The fraction of sp³-hybridized carbons (Fsp3) is 0.200. The molecule has 1 N–H and O–H groups in total. The Labute approximate surface area is 122 Å². The highest BCUT2D eigenvalue weighted by Gasteiger charge is 2.15. The van der Waals surface area contributed by atoms with Crippen LogP contribution in [0.4, 0.5) is 0 Å². The number of aromatic hydroxyl groups is 1. The van der Waals surface area contributed by atoms with E-state index in [1.807, 2.05) is 19.1 Å². The van der Waals surface area contributed by atoms with E-state index in [4.69, 9.17) is 11.6 Å². The lowest BCUT2D eigenvalue weighted by Crippen LogP contribution is -2.30. The van der Waals surface area contributed by atoms with E-state index in [9.17, 15) is 9.90 Å². The van der Waals surface area contributed by atoms with Crippen LogP contribution in [0.2, 0.25) is 5.02 Å². The summed E-state index contributed by atoms with van der Waals surface area (Å²) in [4.78, 5) is 18.1. The summed E-state index contributed by atoms with van der Waals surface area (Å²) in [6.07, 6.45) is 3.40. The Balaban J connectivity index is 2.18. The van der Waals surface area contributed by atoms with Crippen molar-refractivity contribution in [3.05, 3.63) is 58.9 Å². The van der Waals surface area contributed by atoms with Crippen molar-refractivity contribution in [2.24, 2.45) is 0 Å². The van der Waals surface area contributed by atoms with Crippen molar-refractivity contribution in [3.63, 3.8) is 0 Å². The molecule has 2 aromatic rings. The third-order valence-electron chi connectivity index (χ3n) is 2.99. The van der Waals surface area contributed by atoms with Gasteiger partial charge in [0.05, 0.1) is 5.02 Å². The molecule has 1 heterocycles. The molecule has 0 fully saturated rings. The maximum absolute atomic E-state index is 12.4. The first-order valence-electron chi connectivity index (χ1n) is 6.28. The van der Waals surface area contributed by atoms with E-state index in [1.165, 1.54) is 12.1 Å². The van der Waals surface area contributed by atoms with Crippen LogP contribution in [0.5, 0.6) is 5.75 Å². The molecule has 0 spiro atoms. The molecular weight excluding hydrogens is 276 g/mol. The van der Waals surface area contributed by atoms with Crippen LogP contribution in [0.25, 0.3) is 0 Å². The third kappa shape index (κ3) is 3.27. The van der Waals surface area contributed by atoms with Gasteiger partial charge in [-0.05, 0) is 42.8 Å². The van der Waals surface area contributed by atoms with Crippen LogP contribution in [0, 0.1) is 0 Å². The highest BCUT2D eigenvalue weighted by Crippen LogP contribution is 2.24. The first-order valence-corrected chi connectivity index (χ1v) is 6.66. The summed E-state index contributed by atoms with van der Waals surface area (Å²) in [6.45, 7) is 3.01. The highest BCUT2D eigenvalue weighted by atomic mass is 35.5. The van der Waals surface area contributed by atoms with Crippen LogP contribution in [0.1, 0.15) is 22.8 Å². The smallest absolute Gasteiger partial charge is 0.254 e. The first-order chi connectivity index (χ1) is 9.61. The van der Waals surface area contributed by atoms with Crippen molar-refractivity contribution in [1.82, 2.24) is 9.88 Å². The van der Waals surface area contributed by atoms with Gasteiger partial charge in [-0.15, -0.1) is 0 Å². The van der Waals surface area contributed by atoms with Crippen molar-refractivity contribution in [1.29, 1.82) is 0 Å². The van der Waals surface area contributed by atoms with Crippen LogP contribution < -0.4 is 0 Å². The van der Waals surface area contributed by atoms with Gasteiger partial charge in [0.25, 0.3) is 5.91 Å². The molecule has 1 amide bonds. The zero-order chi connectivity index (χ0) is 14.5. The fourth-order valence-corrected chi connectivity index (χ4v) is 2.04. The van der Waals surface area contributed by atoms with Gasteiger partial charge in [0.1, 0.15) is 5.75 Å². The summed E-state index contributed by atoms with van der Waals surface area (Å²) >= 11 is 5.84. The van der Waals surface area contributed by atoms with E-state index >= 15 is 0 Å². The second-order valence-electron chi connectivity index (χ2n) is 4.34. The molecule has 5 heteroatoms. The van der Waals surface area contributed by atoms with Gasteiger partial charge in [-0.3, -0.25) is 9.78 Å². The SMILES string of the molecule is CCN(Cc1ccncc1)C(=O)c1ccc(O)c(Cl)c1. The number of halogens is 1. The molecule has 104 valence electrons. The van der Waals surface area contributed by atoms with Crippen molar-refractivity contribution in [2.45, 2.75) is 13.5 Å². The topological polar surface area (TPSA) is 53.4 Å². The van der Waals surface area contributed by atoms with Crippen molar-refractivity contribution >= 4 is 17.5 Å². The average molecular weight is 291 g/mol. The predicted octanol–water partition coefficient (Wildman–Crippen LogP) is 3.10. The Morgan fingerprint density at radius 1 is 1.30 bits per heavy atom. The number of nitrogens with zero attached hydrogens (tertiary/aromatic N) is 2.